The molecule has 0 aliphatic carbocycles. The Balaban J connectivity index is 3.37. The van der Waals surface area contributed by atoms with Gasteiger partial charge in [-0.25, -0.2) is 0 Å². The fourth-order valence-corrected chi connectivity index (χ4v) is 2.11. The van der Waals surface area contributed by atoms with Crippen molar-refractivity contribution >= 4 is 0 Å². The van der Waals surface area contributed by atoms with E-state index in [-0.39, 0.29) is 0 Å². The first-order valence-electron chi connectivity index (χ1n) is 6.95. The van der Waals surface area contributed by atoms with Crippen LogP contribution in [0.4, 0.5) is 0 Å². The summed E-state index contributed by atoms with van der Waals surface area (Å²) >= 11 is 0. The van der Waals surface area contributed by atoms with Crippen molar-refractivity contribution in [3.05, 3.63) is 6.42 Å². The summed E-state index contributed by atoms with van der Waals surface area (Å²) in [4.78, 5) is 0. The molecule has 0 aromatic heterocycles. The summed E-state index contributed by atoms with van der Waals surface area (Å²) in [6.07, 6.45) is 15.9. The average molecular weight is 221 g/mol. The Morgan fingerprint density at radius 2 is 1.31 bits per heavy atom. The SMILES string of the molecule is [C]#CCC(C)CCCC(C)CCCC(C)C. The Morgan fingerprint density at radius 1 is 0.812 bits per heavy atom. The molecular weight excluding hydrogens is 192 g/mol. The zero-order chi connectivity index (χ0) is 12.4. The van der Waals surface area contributed by atoms with Crippen molar-refractivity contribution in [2.45, 2.75) is 72.6 Å². The summed E-state index contributed by atoms with van der Waals surface area (Å²) in [6, 6.07) is 0. The largest absolute Gasteiger partial charge is 0.0888 e. The molecule has 16 heavy (non-hydrogen) atoms. The van der Waals surface area contributed by atoms with Crippen LogP contribution in [0, 0.1) is 30.1 Å². The molecule has 0 aliphatic rings. The van der Waals surface area contributed by atoms with Crippen LogP contribution in [0.25, 0.3) is 0 Å². The molecule has 0 spiro atoms. The van der Waals surface area contributed by atoms with Crippen LogP contribution in [0.2, 0.25) is 0 Å². The van der Waals surface area contributed by atoms with Crippen molar-refractivity contribution in [1.29, 1.82) is 0 Å². The Morgan fingerprint density at radius 3 is 1.81 bits per heavy atom. The second-order valence-corrected chi connectivity index (χ2v) is 5.85. The van der Waals surface area contributed by atoms with Gasteiger partial charge in [-0.2, -0.15) is 0 Å². The third-order valence-electron chi connectivity index (χ3n) is 3.32. The summed E-state index contributed by atoms with van der Waals surface area (Å²) in [7, 11) is 0. The van der Waals surface area contributed by atoms with Gasteiger partial charge in [0.05, 0.1) is 0 Å². The van der Waals surface area contributed by atoms with Crippen molar-refractivity contribution in [3.63, 3.8) is 0 Å². The van der Waals surface area contributed by atoms with Gasteiger partial charge in [-0.1, -0.05) is 65.7 Å². The van der Waals surface area contributed by atoms with E-state index in [0.717, 1.165) is 18.3 Å². The van der Waals surface area contributed by atoms with E-state index in [1.165, 1.54) is 38.5 Å². The Hall–Kier alpha value is -0.440. The lowest BCUT2D eigenvalue weighted by Crippen LogP contribution is -1.99. The summed E-state index contributed by atoms with van der Waals surface area (Å²) in [5.74, 6) is 4.90. The molecule has 0 aliphatic heterocycles. The zero-order valence-electron chi connectivity index (χ0n) is 11.7. The monoisotopic (exact) mass is 221 g/mol. The van der Waals surface area contributed by atoms with Gasteiger partial charge in [0.15, 0.2) is 0 Å². The minimum Gasteiger partial charge on any atom is -0.0888 e. The molecule has 0 heteroatoms. The van der Waals surface area contributed by atoms with Crippen LogP contribution in [0.5, 0.6) is 0 Å². The fourth-order valence-electron chi connectivity index (χ4n) is 2.11. The minimum atomic E-state index is 0.653. The van der Waals surface area contributed by atoms with Gasteiger partial charge >= 0.3 is 0 Å². The van der Waals surface area contributed by atoms with Gasteiger partial charge < -0.3 is 0 Å². The maximum absolute atomic E-state index is 6.93. The van der Waals surface area contributed by atoms with Crippen LogP contribution < -0.4 is 0 Å². The maximum atomic E-state index is 6.93. The van der Waals surface area contributed by atoms with E-state index in [1.54, 1.807) is 0 Å². The molecule has 1 radical (unpaired) electrons. The minimum absolute atomic E-state index is 0.653. The van der Waals surface area contributed by atoms with E-state index >= 15 is 0 Å². The molecule has 0 saturated heterocycles. The van der Waals surface area contributed by atoms with Crippen LogP contribution in [0.1, 0.15) is 72.6 Å². The molecule has 0 saturated carbocycles. The predicted molar refractivity (Wildman–Crippen MR) is 72.6 cm³/mol. The summed E-state index contributed by atoms with van der Waals surface area (Å²) < 4.78 is 0. The molecule has 2 unspecified atom stereocenters. The van der Waals surface area contributed by atoms with E-state index < -0.39 is 0 Å². The molecule has 0 heterocycles. The van der Waals surface area contributed by atoms with Crippen molar-refractivity contribution < 1.29 is 0 Å². The van der Waals surface area contributed by atoms with Crippen molar-refractivity contribution in [2.75, 3.05) is 0 Å². The molecule has 93 valence electrons. The van der Waals surface area contributed by atoms with E-state index in [0.29, 0.717) is 5.92 Å². The molecule has 0 fully saturated rings. The molecular formula is C16H29. The topological polar surface area (TPSA) is 0 Å². The van der Waals surface area contributed by atoms with E-state index in [1.807, 2.05) is 0 Å². The molecule has 0 bridgehead atoms. The van der Waals surface area contributed by atoms with E-state index in [2.05, 4.69) is 33.6 Å². The highest BCUT2D eigenvalue weighted by Gasteiger charge is 2.05. The Labute approximate surface area is 103 Å². The van der Waals surface area contributed by atoms with Gasteiger partial charge in [0.25, 0.3) is 0 Å². The van der Waals surface area contributed by atoms with Crippen LogP contribution in [0.3, 0.4) is 0 Å². The maximum Gasteiger partial charge on any atom is 0.0125 e. The average Bonchev–Trinajstić information content (AvgIpc) is 2.17. The first kappa shape index (κ1) is 15.6. The molecule has 0 amide bonds. The van der Waals surface area contributed by atoms with Crippen molar-refractivity contribution in [2.24, 2.45) is 17.8 Å². The third kappa shape index (κ3) is 10.1. The first-order valence-corrected chi connectivity index (χ1v) is 6.95. The molecule has 0 nitrogen and oxygen atoms in total. The van der Waals surface area contributed by atoms with Crippen molar-refractivity contribution in [3.8, 4) is 5.92 Å². The zero-order valence-corrected chi connectivity index (χ0v) is 11.7. The number of hydrogen-bond donors (Lipinski definition) is 0. The van der Waals surface area contributed by atoms with Gasteiger partial charge in [-0.15, -0.1) is 0 Å². The quantitative estimate of drug-likeness (QED) is 0.467. The highest BCUT2D eigenvalue weighted by Crippen LogP contribution is 2.19. The smallest absolute Gasteiger partial charge is 0.0125 e. The highest BCUT2D eigenvalue weighted by molar-refractivity contribution is 4.78. The first-order chi connectivity index (χ1) is 7.56. The number of hydrogen-bond acceptors (Lipinski definition) is 0. The lowest BCUT2D eigenvalue weighted by molar-refractivity contribution is 0.402. The second-order valence-electron chi connectivity index (χ2n) is 5.85. The van der Waals surface area contributed by atoms with Gasteiger partial charge in [0, 0.05) is 6.42 Å². The summed E-state index contributed by atoms with van der Waals surface area (Å²) in [5.41, 5.74) is 0. The van der Waals surface area contributed by atoms with Gasteiger partial charge in [0.2, 0.25) is 0 Å². The van der Waals surface area contributed by atoms with Crippen LogP contribution in [0.15, 0.2) is 0 Å². The standard InChI is InChI=1S/C16H29/c1-6-9-15(4)12-8-13-16(5)11-7-10-14(2)3/h14-16H,7-13H2,2-5H3. The fraction of sp³-hybridized carbons (Fsp3) is 0.875. The Kier molecular flexibility index (Phi) is 9.49. The lowest BCUT2D eigenvalue weighted by atomic mass is 9.93. The molecule has 2 atom stereocenters. The molecule has 0 aromatic carbocycles. The Bertz CT molecular complexity index is 185. The van der Waals surface area contributed by atoms with E-state index in [4.69, 9.17) is 6.42 Å². The summed E-state index contributed by atoms with van der Waals surface area (Å²) in [6.45, 7) is 9.22. The second kappa shape index (κ2) is 9.76. The normalized spacial score (nSPS) is 14.8. The molecule has 0 aromatic rings. The van der Waals surface area contributed by atoms with Gasteiger partial charge in [-0.3, -0.25) is 0 Å². The summed E-state index contributed by atoms with van der Waals surface area (Å²) in [5, 5.41) is 0. The highest BCUT2D eigenvalue weighted by atomic mass is 14.1. The van der Waals surface area contributed by atoms with E-state index in [9.17, 15) is 0 Å². The predicted octanol–water partition coefficient (Wildman–Crippen LogP) is 5.24. The van der Waals surface area contributed by atoms with Crippen LogP contribution in [-0.4, -0.2) is 0 Å². The molecule has 0 N–H and O–H groups in total. The lowest BCUT2D eigenvalue weighted by Gasteiger charge is -2.13. The molecule has 0 rings (SSSR count). The third-order valence-corrected chi connectivity index (χ3v) is 3.32. The van der Waals surface area contributed by atoms with Crippen molar-refractivity contribution in [1.82, 2.24) is 0 Å². The van der Waals surface area contributed by atoms with Crippen LogP contribution >= 0.6 is 0 Å². The van der Waals surface area contributed by atoms with Crippen LogP contribution in [-0.2, 0) is 0 Å². The van der Waals surface area contributed by atoms with Gasteiger partial charge in [-0.05, 0) is 30.6 Å². The number of rotatable bonds is 9. The van der Waals surface area contributed by atoms with Gasteiger partial charge in [0.1, 0.15) is 0 Å².